The number of ether oxygens (including phenoxy) is 1. The normalized spacial score (nSPS) is 11.4. The number of methoxy groups -OCH3 is 1. The third kappa shape index (κ3) is 4.99. The molecule has 2 aromatic rings. The number of aryl methyl sites for hydroxylation is 1. The SMILES string of the molecule is COc1ccc(C)cc1NC(=O)CSCc1nc(C(C)(C)C)no1. The van der Waals surface area contributed by atoms with Crippen molar-refractivity contribution >= 4 is 23.4 Å². The lowest BCUT2D eigenvalue weighted by Crippen LogP contribution is -2.15. The van der Waals surface area contributed by atoms with Gasteiger partial charge in [0.2, 0.25) is 11.8 Å². The fourth-order valence-electron chi connectivity index (χ4n) is 1.95. The molecule has 0 bridgehead atoms. The van der Waals surface area contributed by atoms with Gasteiger partial charge in [0, 0.05) is 5.41 Å². The van der Waals surface area contributed by atoms with Crippen LogP contribution in [-0.2, 0) is 16.0 Å². The predicted octanol–water partition coefficient (Wildman–Crippen LogP) is 3.56. The van der Waals surface area contributed by atoms with Gasteiger partial charge in [0.05, 0.1) is 24.3 Å². The number of carbonyl (C=O) groups is 1. The Morgan fingerprint density at radius 3 is 2.75 bits per heavy atom. The van der Waals surface area contributed by atoms with Gasteiger partial charge in [-0.3, -0.25) is 4.79 Å². The summed E-state index contributed by atoms with van der Waals surface area (Å²) in [6, 6.07) is 5.66. The van der Waals surface area contributed by atoms with E-state index < -0.39 is 0 Å². The smallest absolute Gasteiger partial charge is 0.236 e. The molecule has 0 radical (unpaired) electrons. The summed E-state index contributed by atoms with van der Waals surface area (Å²) in [5, 5.41) is 6.84. The van der Waals surface area contributed by atoms with Crippen LogP contribution in [0.15, 0.2) is 22.7 Å². The van der Waals surface area contributed by atoms with Crippen molar-refractivity contribution < 1.29 is 14.1 Å². The zero-order valence-corrected chi connectivity index (χ0v) is 15.5. The molecule has 0 saturated carbocycles. The molecule has 0 unspecified atom stereocenters. The molecule has 0 aliphatic carbocycles. The Morgan fingerprint density at radius 2 is 2.12 bits per heavy atom. The third-order valence-corrected chi connectivity index (χ3v) is 4.14. The van der Waals surface area contributed by atoms with Crippen LogP contribution in [0.25, 0.3) is 0 Å². The van der Waals surface area contributed by atoms with Crippen LogP contribution in [0.4, 0.5) is 5.69 Å². The minimum Gasteiger partial charge on any atom is -0.495 e. The summed E-state index contributed by atoms with van der Waals surface area (Å²) in [6.45, 7) is 8.04. The van der Waals surface area contributed by atoms with E-state index >= 15 is 0 Å². The largest absolute Gasteiger partial charge is 0.495 e. The maximum absolute atomic E-state index is 12.1. The van der Waals surface area contributed by atoms with Crippen molar-refractivity contribution in [1.82, 2.24) is 10.1 Å². The van der Waals surface area contributed by atoms with Crippen LogP contribution >= 0.6 is 11.8 Å². The lowest BCUT2D eigenvalue weighted by atomic mass is 9.96. The standard InChI is InChI=1S/C17H23N3O3S/c1-11-6-7-13(22-5)12(8-11)18-14(21)9-24-10-15-19-16(20-23-15)17(2,3)4/h6-8H,9-10H2,1-5H3,(H,18,21). The van der Waals surface area contributed by atoms with Gasteiger partial charge in [-0.1, -0.05) is 32.0 Å². The maximum Gasteiger partial charge on any atom is 0.236 e. The van der Waals surface area contributed by atoms with Crippen molar-refractivity contribution in [1.29, 1.82) is 0 Å². The van der Waals surface area contributed by atoms with Crippen LogP contribution in [0.2, 0.25) is 0 Å². The van der Waals surface area contributed by atoms with Crippen LogP contribution in [-0.4, -0.2) is 28.9 Å². The number of aromatic nitrogens is 2. The average molecular weight is 349 g/mol. The lowest BCUT2D eigenvalue weighted by Gasteiger charge is -2.11. The number of anilines is 1. The molecule has 130 valence electrons. The number of hydrogen-bond acceptors (Lipinski definition) is 6. The number of carbonyl (C=O) groups excluding carboxylic acids is 1. The van der Waals surface area contributed by atoms with Crippen molar-refractivity contribution in [3.05, 3.63) is 35.5 Å². The van der Waals surface area contributed by atoms with Crippen molar-refractivity contribution in [2.75, 3.05) is 18.2 Å². The van der Waals surface area contributed by atoms with Gasteiger partial charge in [-0.05, 0) is 24.6 Å². The van der Waals surface area contributed by atoms with Crippen LogP contribution in [0, 0.1) is 6.92 Å². The van der Waals surface area contributed by atoms with Crippen molar-refractivity contribution in [2.45, 2.75) is 38.9 Å². The van der Waals surface area contributed by atoms with Gasteiger partial charge in [-0.25, -0.2) is 0 Å². The Morgan fingerprint density at radius 1 is 1.38 bits per heavy atom. The Bertz CT molecular complexity index is 707. The first-order chi connectivity index (χ1) is 11.3. The highest BCUT2D eigenvalue weighted by Crippen LogP contribution is 2.25. The molecule has 0 fully saturated rings. The van der Waals surface area contributed by atoms with Crippen LogP contribution in [0.5, 0.6) is 5.75 Å². The summed E-state index contributed by atoms with van der Waals surface area (Å²) < 4.78 is 10.5. The summed E-state index contributed by atoms with van der Waals surface area (Å²) in [4.78, 5) is 16.4. The fourth-order valence-corrected chi connectivity index (χ4v) is 2.61. The molecule has 1 amide bonds. The van der Waals surface area contributed by atoms with Gasteiger partial charge in [-0.2, -0.15) is 4.98 Å². The highest BCUT2D eigenvalue weighted by atomic mass is 32.2. The molecule has 0 aliphatic heterocycles. The quantitative estimate of drug-likeness (QED) is 0.859. The molecular weight excluding hydrogens is 326 g/mol. The monoisotopic (exact) mass is 349 g/mol. The van der Waals surface area contributed by atoms with E-state index in [1.54, 1.807) is 7.11 Å². The van der Waals surface area contributed by atoms with Gasteiger partial charge in [-0.15, -0.1) is 11.8 Å². The second kappa shape index (κ2) is 7.70. The molecular formula is C17H23N3O3S. The predicted molar refractivity (Wildman–Crippen MR) is 95.5 cm³/mol. The molecule has 6 nitrogen and oxygen atoms in total. The second-order valence-electron chi connectivity index (χ2n) is 6.51. The van der Waals surface area contributed by atoms with Crippen LogP contribution in [0.1, 0.15) is 38.0 Å². The zero-order chi connectivity index (χ0) is 17.7. The molecule has 0 spiro atoms. The third-order valence-electron chi connectivity index (χ3n) is 3.23. The maximum atomic E-state index is 12.1. The van der Waals surface area contributed by atoms with Gasteiger partial charge < -0.3 is 14.6 Å². The molecule has 1 N–H and O–H groups in total. The summed E-state index contributed by atoms with van der Waals surface area (Å²) in [5.74, 6) is 2.55. The van der Waals surface area contributed by atoms with E-state index in [4.69, 9.17) is 9.26 Å². The van der Waals surface area contributed by atoms with Gasteiger partial charge in [0.25, 0.3) is 0 Å². The number of amides is 1. The summed E-state index contributed by atoms with van der Waals surface area (Å²) in [7, 11) is 1.58. The molecule has 2 rings (SSSR count). The number of hydrogen-bond donors (Lipinski definition) is 1. The van der Waals surface area contributed by atoms with E-state index in [-0.39, 0.29) is 11.3 Å². The number of thioether (sulfide) groups is 1. The van der Waals surface area contributed by atoms with Crippen molar-refractivity contribution in [3.63, 3.8) is 0 Å². The summed E-state index contributed by atoms with van der Waals surface area (Å²) in [6.07, 6.45) is 0. The van der Waals surface area contributed by atoms with E-state index in [9.17, 15) is 4.79 Å². The topological polar surface area (TPSA) is 77.2 Å². The number of rotatable bonds is 6. The van der Waals surface area contributed by atoms with Crippen LogP contribution < -0.4 is 10.1 Å². The molecule has 1 heterocycles. The second-order valence-corrected chi connectivity index (χ2v) is 7.49. The Balaban J connectivity index is 1.86. The van der Waals surface area contributed by atoms with E-state index in [2.05, 4.69) is 15.5 Å². The molecule has 0 atom stereocenters. The van der Waals surface area contributed by atoms with Gasteiger partial charge >= 0.3 is 0 Å². The first-order valence-corrected chi connectivity index (χ1v) is 8.80. The molecule has 0 aliphatic rings. The van der Waals surface area contributed by atoms with Crippen LogP contribution in [0.3, 0.4) is 0 Å². The molecule has 1 aromatic heterocycles. The van der Waals surface area contributed by atoms with E-state index in [1.165, 1.54) is 11.8 Å². The van der Waals surface area contributed by atoms with Crippen molar-refractivity contribution in [2.24, 2.45) is 0 Å². The highest BCUT2D eigenvalue weighted by Gasteiger charge is 2.21. The minimum absolute atomic E-state index is 0.0977. The van der Waals surface area contributed by atoms with E-state index in [1.807, 2.05) is 45.9 Å². The average Bonchev–Trinajstić information content (AvgIpc) is 2.96. The van der Waals surface area contributed by atoms with E-state index in [0.29, 0.717) is 34.7 Å². The first kappa shape index (κ1) is 18.3. The zero-order valence-electron chi connectivity index (χ0n) is 14.7. The van der Waals surface area contributed by atoms with Gasteiger partial charge in [0.15, 0.2) is 5.82 Å². The molecule has 7 heteroatoms. The summed E-state index contributed by atoms with van der Waals surface area (Å²) in [5.41, 5.74) is 1.58. The summed E-state index contributed by atoms with van der Waals surface area (Å²) >= 11 is 1.43. The minimum atomic E-state index is -0.147. The lowest BCUT2D eigenvalue weighted by molar-refractivity contribution is -0.113. The molecule has 24 heavy (non-hydrogen) atoms. The highest BCUT2D eigenvalue weighted by molar-refractivity contribution is 7.99. The fraction of sp³-hybridized carbons (Fsp3) is 0.471. The van der Waals surface area contributed by atoms with Gasteiger partial charge in [0.1, 0.15) is 5.75 Å². The Kier molecular flexibility index (Phi) is 5.88. The van der Waals surface area contributed by atoms with Crippen molar-refractivity contribution in [3.8, 4) is 5.75 Å². The Hall–Kier alpha value is -2.02. The molecule has 0 saturated heterocycles. The number of nitrogens with one attached hydrogen (secondary N) is 1. The molecule has 1 aromatic carbocycles. The number of benzene rings is 1. The van der Waals surface area contributed by atoms with E-state index in [0.717, 1.165) is 5.56 Å². The first-order valence-electron chi connectivity index (χ1n) is 7.65. The number of nitrogens with zero attached hydrogens (tertiary/aromatic N) is 2. The Labute approximate surface area is 146 Å².